The molecule has 0 unspecified atom stereocenters. The van der Waals surface area contributed by atoms with Crippen molar-refractivity contribution in [2.45, 2.75) is 33.7 Å². The predicted octanol–water partition coefficient (Wildman–Crippen LogP) is 6.61. The van der Waals surface area contributed by atoms with Crippen LogP contribution in [0.3, 0.4) is 0 Å². The van der Waals surface area contributed by atoms with E-state index in [1.807, 2.05) is 41.4 Å². The van der Waals surface area contributed by atoms with Crippen molar-refractivity contribution in [3.05, 3.63) is 106 Å². The van der Waals surface area contributed by atoms with E-state index in [0.29, 0.717) is 25.2 Å². The predicted molar refractivity (Wildman–Crippen MR) is 153 cm³/mol. The molecule has 0 atom stereocenters. The SMILES string of the molecule is Cc1ccc(CN(CCc2c[nH]c3ccccc23)C(=O)CN(CC(C)C)C(=O)c2ccccc2Br)cc1. The van der Waals surface area contributed by atoms with Crippen LogP contribution in [0.25, 0.3) is 10.9 Å². The highest BCUT2D eigenvalue weighted by Crippen LogP contribution is 2.21. The minimum Gasteiger partial charge on any atom is -0.361 e. The molecule has 192 valence electrons. The highest BCUT2D eigenvalue weighted by Gasteiger charge is 2.24. The quantitative estimate of drug-likeness (QED) is 0.237. The van der Waals surface area contributed by atoms with Gasteiger partial charge in [-0.2, -0.15) is 0 Å². The summed E-state index contributed by atoms with van der Waals surface area (Å²) in [6, 6.07) is 23.9. The smallest absolute Gasteiger partial charge is 0.255 e. The maximum Gasteiger partial charge on any atom is 0.255 e. The summed E-state index contributed by atoms with van der Waals surface area (Å²) >= 11 is 3.50. The maximum atomic E-state index is 13.8. The third-order valence-corrected chi connectivity index (χ3v) is 7.17. The number of aromatic nitrogens is 1. The normalized spacial score (nSPS) is 11.2. The molecule has 1 N–H and O–H groups in total. The number of nitrogens with one attached hydrogen (secondary N) is 1. The Labute approximate surface area is 227 Å². The Bertz CT molecular complexity index is 1360. The molecule has 4 aromatic rings. The van der Waals surface area contributed by atoms with Gasteiger partial charge in [0.2, 0.25) is 5.91 Å². The molecule has 0 spiro atoms. The van der Waals surface area contributed by atoms with Gasteiger partial charge in [-0.25, -0.2) is 0 Å². The zero-order chi connectivity index (χ0) is 26.4. The van der Waals surface area contributed by atoms with Crippen LogP contribution in [0.1, 0.15) is 40.9 Å². The minimum absolute atomic E-state index is 0.0398. The summed E-state index contributed by atoms with van der Waals surface area (Å²) in [5.74, 6) is 0.0407. The number of rotatable bonds is 10. The molecule has 4 rings (SSSR count). The molecule has 6 heteroatoms. The summed E-state index contributed by atoms with van der Waals surface area (Å²) in [5, 5.41) is 1.18. The third kappa shape index (κ3) is 6.89. The van der Waals surface area contributed by atoms with Crippen molar-refractivity contribution in [2.24, 2.45) is 5.92 Å². The third-order valence-electron chi connectivity index (χ3n) is 6.48. The standard InChI is InChI=1S/C31H34BrN3O2/c1-22(2)19-35(31(37)27-9-4-6-10-28(27)32)21-30(36)34(20-24-14-12-23(3)13-15-24)17-16-25-18-33-29-11-7-5-8-26(25)29/h4-15,18,22,33H,16-17,19-21H2,1-3H3. The Morgan fingerprint density at radius 1 is 0.919 bits per heavy atom. The van der Waals surface area contributed by atoms with Crippen molar-refractivity contribution in [1.29, 1.82) is 0 Å². The fourth-order valence-corrected chi connectivity index (χ4v) is 4.98. The first-order chi connectivity index (χ1) is 17.8. The van der Waals surface area contributed by atoms with Crippen LogP contribution >= 0.6 is 15.9 Å². The van der Waals surface area contributed by atoms with Gasteiger partial charge in [0.15, 0.2) is 0 Å². The van der Waals surface area contributed by atoms with Crippen molar-refractivity contribution in [2.75, 3.05) is 19.6 Å². The summed E-state index contributed by atoms with van der Waals surface area (Å²) in [4.78, 5) is 34.1. The molecule has 1 heterocycles. The van der Waals surface area contributed by atoms with E-state index >= 15 is 0 Å². The first-order valence-corrected chi connectivity index (χ1v) is 13.5. The van der Waals surface area contributed by atoms with Gasteiger partial charge >= 0.3 is 0 Å². The lowest BCUT2D eigenvalue weighted by molar-refractivity contribution is -0.132. The molecular formula is C31H34BrN3O2. The molecule has 0 fully saturated rings. The van der Waals surface area contributed by atoms with E-state index < -0.39 is 0 Å². The number of fused-ring (bicyclic) bond motifs is 1. The molecule has 5 nitrogen and oxygen atoms in total. The fourth-order valence-electron chi connectivity index (χ4n) is 4.53. The van der Waals surface area contributed by atoms with E-state index in [-0.39, 0.29) is 24.3 Å². The van der Waals surface area contributed by atoms with E-state index in [4.69, 9.17) is 0 Å². The van der Waals surface area contributed by atoms with Gasteiger partial charge in [0, 0.05) is 41.2 Å². The van der Waals surface area contributed by atoms with Gasteiger partial charge in [-0.1, -0.05) is 74.0 Å². The molecule has 37 heavy (non-hydrogen) atoms. The van der Waals surface area contributed by atoms with Gasteiger partial charge < -0.3 is 14.8 Å². The summed E-state index contributed by atoms with van der Waals surface area (Å²) in [6.07, 6.45) is 2.75. The molecule has 1 aromatic heterocycles. The zero-order valence-electron chi connectivity index (χ0n) is 21.7. The number of carbonyl (C=O) groups is 2. The first-order valence-electron chi connectivity index (χ1n) is 12.7. The van der Waals surface area contributed by atoms with Gasteiger partial charge in [-0.05, 0) is 64.5 Å². The lowest BCUT2D eigenvalue weighted by Crippen LogP contribution is -2.44. The Balaban J connectivity index is 1.56. The minimum atomic E-state index is -0.138. The summed E-state index contributed by atoms with van der Waals surface area (Å²) < 4.78 is 0.733. The molecule has 0 bridgehead atoms. The molecule has 0 saturated carbocycles. The van der Waals surface area contributed by atoms with E-state index in [1.165, 1.54) is 16.5 Å². The van der Waals surface area contributed by atoms with E-state index in [9.17, 15) is 9.59 Å². The van der Waals surface area contributed by atoms with Gasteiger partial charge in [0.05, 0.1) is 5.56 Å². The Morgan fingerprint density at radius 2 is 1.62 bits per heavy atom. The lowest BCUT2D eigenvalue weighted by atomic mass is 10.1. The molecule has 2 amide bonds. The van der Waals surface area contributed by atoms with Crippen LogP contribution in [0.5, 0.6) is 0 Å². The van der Waals surface area contributed by atoms with E-state index in [1.54, 1.807) is 11.0 Å². The number of amides is 2. The van der Waals surface area contributed by atoms with Gasteiger partial charge in [0.25, 0.3) is 5.91 Å². The summed E-state index contributed by atoms with van der Waals surface area (Å²) in [7, 11) is 0. The van der Waals surface area contributed by atoms with Crippen LogP contribution in [0.15, 0.2) is 83.5 Å². The Morgan fingerprint density at radius 3 is 2.35 bits per heavy atom. The van der Waals surface area contributed by atoms with Crippen LogP contribution in [-0.4, -0.2) is 46.2 Å². The number of benzene rings is 3. The first kappa shape index (κ1) is 26.7. The van der Waals surface area contributed by atoms with Crippen molar-refractivity contribution in [3.8, 4) is 0 Å². The van der Waals surface area contributed by atoms with Crippen LogP contribution < -0.4 is 0 Å². The number of carbonyl (C=O) groups excluding carboxylic acids is 2. The highest BCUT2D eigenvalue weighted by atomic mass is 79.9. The topological polar surface area (TPSA) is 56.4 Å². The number of hydrogen-bond donors (Lipinski definition) is 1. The van der Waals surface area contributed by atoms with Gasteiger partial charge in [-0.3, -0.25) is 9.59 Å². The summed E-state index contributed by atoms with van der Waals surface area (Å²) in [5.41, 5.74) is 5.10. The molecule has 0 aliphatic carbocycles. The fraction of sp³-hybridized carbons (Fsp3) is 0.290. The Hall–Kier alpha value is -3.38. The largest absolute Gasteiger partial charge is 0.361 e. The lowest BCUT2D eigenvalue weighted by Gasteiger charge is -2.29. The van der Waals surface area contributed by atoms with Crippen LogP contribution in [0.2, 0.25) is 0 Å². The number of nitrogens with zero attached hydrogens (tertiary/aromatic N) is 2. The number of hydrogen-bond acceptors (Lipinski definition) is 2. The summed E-state index contributed by atoms with van der Waals surface area (Å²) in [6.45, 7) is 7.79. The Kier molecular flexibility index (Phi) is 8.82. The number of para-hydroxylation sites is 1. The molecule has 0 aliphatic heterocycles. The molecular weight excluding hydrogens is 526 g/mol. The van der Waals surface area contributed by atoms with E-state index in [2.05, 4.69) is 78.1 Å². The van der Waals surface area contributed by atoms with Crippen molar-refractivity contribution in [3.63, 3.8) is 0 Å². The van der Waals surface area contributed by atoms with Crippen molar-refractivity contribution in [1.82, 2.24) is 14.8 Å². The van der Waals surface area contributed by atoms with Crippen LogP contribution in [0, 0.1) is 12.8 Å². The average molecular weight is 561 g/mol. The molecule has 0 aliphatic rings. The molecule has 0 radical (unpaired) electrons. The highest BCUT2D eigenvalue weighted by molar-refractivity contribution is 9.10. The molecule has 3 aromatic carbocycles. The van der Waals surface area contributed by atoms with Crippen LogP contribution in [-0.2, 0) is 17.8 Å². The van der Waals surface area contributed by atoms with Crippen molar-refractivity contribution < 1.29 is 9.59 Å². The number of H-pyrrole nitrogens is 1. The van der Waals surface area contributed by atoms with Gasteiger partial charge in [0.1, 0.15) is 6.54 Å². The average Bonchev–Trinajstić information content (AvgIpc) is 3.30. The van der Waals surface area contributed by atoms with E-state index in [0.717, 1.165) is 22.0 Å². The second kappa shape index (κ2) is 12.2. The number of halogens is 1. The van der Waals surface area contributed by atoms with Gasteiger partial charge in [-0.15, -0.1) is 0 Å². The second-order valence-electron chi connectivity index (χ2n) is 9.97. The molecule has 0 saturated heterocycles. The van der Waals surface area contributed by atoms with Crippen LogP contribution in [0.4, 0.5) is 0 Å². The second-order valence-corrected chi connectivity index (χ2v) is 10.8. The monoisotopic (exact) mass is 559 g/mol. The van der Waals surface area contributed by atoms with Crippen molar-refractivity contribution >= 4 is 38.6 Å². The zero-order valence-corrected chi connectivity index (χ0v) is 23.3. The maximum absolute atomic E-state index is 13.8. The number of aromatic amines is 1. The number of aryl methyl sites for hydroxylation is 1.